The maximum atomic E-state index is 11.1. The predicted octanol–water partition coefficient (Wildman–Crippen LogP) is 1.12. The minimum absolute atomic E-state index is 0.134. The van der Waals surface area contributed by atoms with E-state index in [-0.39, 0.29) is 5.75 Å². The highest BCUT2D eigenvalue weighted by molar-refractivity contribution is 7.99. The first kappa shape index (κ1) is 15.3. The number of aromatic nitrogens is 1. The second-order valence-electron chi connectivity index (χ2n) is 4.81. The Kier molecular flexibility index (Phi) is 4.81. The van der Waals surface area contributed by atoms with Gasteiger partial charge < -0.3 is 10.4 Å². The van der Waals surface area contributed by atoms with Gasteiger partial charge in [-0.2, -0.15) is 5.26 Å². The second kappa shape index (κ2) is 6.59. The van der Waals surface area contributed by atoms with Crippen molar-refractivity contribution in [2.45, 2.75) is 37.3 Å². The van der Waals surface area contributed by atoms with Crippen LogP contribution in [0.25, 0.3) is 0 Å². The Hall–Kier alpha value is -2.07. The van der Waals surface area contributed by atoms with E-state index in [0.717, 1.165) is 30.5 Å². The number of aryl methyl sites for hydroxylation is 2. The van der Waals surface area contributed by atoms with Gasteiger partial charge in [0.2, 0.25) is 5.91 Å². The zero-order valence-electron chi connectivity index (χ0n) is 11.5. The Bertz CT molecular complexity index is 625. The summed E-state index contributed by atoms with van der Waals surface area (Å²) in [6, 6.07) is 2.95. The molecule has 2 rings (SSSR count). The SMILES string of the molecule is CC(=O)NC(CSc1nc2c(cc1C#N)CCC2)C(=O)O. The number of nitriles is 1. The maximum absolute atomic E-state index is 11.1. The van der Waals surface area contributed by atoms with Gasteiger partial charge in [-0.1, -0.05) is 0 Å². The van der Waals surface area contributed by atoms with E-state index in [1.54, 1.807) is 0 Å². The van der Waals surface area contributed by atoms with Crippen LogP contribution in [0.5, 0.6) is 0 Å². The molecular weight excluding hydrogens is 290 g/mol. The van der Waals surface area contributed by atoms with Gasteiger partial charge in [-0.05, 0) is 30.9 Å². The summed E-state index contributed by atoms with van der Waals surface area (Å²) in [5, 5.41) is 21.2. The lowest BCUT2D eigenvalue weighted by atomic mass is 10.2. The third-order valence-corrected chi connectivity index (χ3v) is 4.28. The molecule has 1 unspecified atom stereocenters. The summed E-state index contributed by atoms with van der Waals surface area (Å²) in [7, 11) is 0. The molecular formula is C14H15N3O3S. The lowest BCUT2D eigenvalue weighted by molar-refractivity contribution is -0.140. The van der Waals surface area contributed by atoms with Crippen LogP contribution in [0.3, 0.4) is 0 Å². The van der Waals surface area contributed by atoms with Gasteiger partial charge in [0, 0.05) is 18.4 Å². The van der Waals surface area contributed by atoms with E-state index < -0.39 is 17.9 Å². The normalized spacial score (nSPS) is 14.1. The summed E-state index contributed by atoms with van der Waals surface area (Å²) in [6.45, 7) is 1.27. The largest absolute Gasteiger partial charge is 0.480 e. The first-order valence-electron chi connectivity index (χ1n) is 6.57. The lowest BCUT2D eigenvalue weighted by Crippen LogP contribution is -2.41. The number of carbonyl (C=O) groups excluding carboxylic acids is 1. The molecule has 2 N–H and O–H groups in total. The van der Waals surface area contributed by atoms with E-state index >= 15 is 0 Å². The van der Waals surface area contributed by atoms with Crippen molar-refractivity contribution in [3.63, 3.8) is 0 Å². The zero-order valence-corrected chi connectivity index (χ0v) is 12.4. The highest BCUT2D eigenvalue weighted by atomic mass is 32.2. The van der Waals surface area contributed by atoms with E-state index in [4.69, 9.17) is 5.11 Å². The molecule has 1 aromatic rings. The van der Waals surface area contributed by atoms with Crippen molar-refractivity contribution in [1.82, 2.24) is 10.3 Å². The molecule has 1 amide bonds. The van der Waals surface area contributed by atoms with Gasteiger partial charge >= 0.3 is 5.97 Å². The third kappa shape index (κ3) is 3.73. The van der Waals surface area contributed by atoms with E-state index in [1.807, 2.05) is 6.07 Å². The number of rotatable bonds is 5. The number of carboxylic acid groups (broad SMARTS) is 1. The van der Waals surface area contributed by atoms with Crippen LogP contribution in [-0.2, 0) is 22.4 Å². The van der Waals surface area contributed by atoms with Crippen molar-refractivity contribution < 1.29 is 14.7 Å². The first-order chi connectivity index (χ1) is 10.0. The minimum Gasteiger partial charge on any atom is -0.480 e. The Labute approximate surface area is 126 Å². The Morgan fingerprint density at radius 2 is 2.33 bits per heavy atom. The quantitative estimate of drug-likeness (QED) is 0.790. The highest BCUT2D eigenvalue weighted by Crippen LogP contribution is 2.28. The molecule has 0 aromatic carbocycles. The number of thioether (sulfide) groups is 1. The third-order valence-electron chi connectivity index (χ3n) is 3.20. The number of nitrogens with one attached hydrogen (secondary N) is 1. The summed E-state index contributed by atoms with van der Waals surface area (Å²) >= 11 is 1.19. The average Bonchev–Trinajstić information content (AvgIpc) is 2.88. The zero-order chi connectivity index (χ0) is 15.4. The van der Waals surface area contributed by atoms with E-state index in [2.05, 4.69) is 16.4 Å². The fourth-order valence-electron chi connectivity index (χ4n) is 2.23. The smallest absolute Gasteiger partial charge is 0.327 e. The molecule has 1 heterocycles. The highest BCUT2D eigenvalue weighted by Gasteiger charge is 2.21. The number of pyridine rings is 1. The number of carboxylic acids is 1. The standard InChI is InChI=1S/C14H15N3O3S/c1-8(18)16-12(14(19)20)7-21-13-10(6-15)5-9-3-2-4-11(9)17-13/h5,12H,2-4,7H2,1H3,(H,16,18)(H,19,20). The number of fused-ring (bicyclic) bond motifs is 1. The second-order valence-corrected chi connectivity index (χ2v) is 5.82. The van der Waals surface area contributed by atoms with Crippen LogP contribution < -0.4 is 5.32 Å². The number of carbonyl (C=O) groups is 2. The molecule has 7 heteroatoms. The van der Waals surface area contributed by atoms with Crippen molar-refractivity contribution >= 4 is 23.6 Å². The van der Waals surface area contributed by atoms with Gasteiger partial charge in [0.05, 0.1) is 5.56 Å². The van der Waals surface area contributed by atoms with Crippen molar-refractivity contribution in [2.24, 2.45) is 0 Å². The molecule has 21 heavy (non-hydrogen) atoms. The Morgan fingerprint density at radius 1 is 1.57 bits per heavy atom. The van der Waals surface area contributed by atoms with E-state index in [0.29, 0.717) is 10.6 Å². The number of aliphatic carboxylic acids is 1. The molecule has 0 saturated carbocycles. The number of amides is 1. The molecule has 6 nitrogen and oxygen atoms in total. The maximum Gasteiger partial charge on any atom is 0.327 e. The summed E-state index contributed by atoms with van der Waals surface area (Å²) < 4.78 is 0. The van der Waals surface area contributed by atoms with Crippen LogP contribution in [0.15, 0.2) is 11.1 Å². The van der Waals surface area contributed by atoms with Gasteiger partial charge in [-0.15, -0.1) is 11.8 Å². The Morgan fingerprint density at radius 3 is 2.95 bits per heavy atom. The molecule has 1 aliphatic carbocycles. The van der Waals surface area contributed by atoms with Gasteiger partial charge in [0.15, 0.2) is 0 Å². The lowest BCUT2D eigenvalue weighted by Gasteiger charge is -2.13. The fourth-order valence-corrected chi connectivity index (χ4v) is 3.21. The number of hydrogen-bond acceptors (Lipinski definition) is 5. The summed E-state index contributed by atoms with van der Waals surface area (Å²) in [5.74, 6) is -1.36. The van der Waals surface area contributed by atoms with Crippen LogP contribution in [0.2, 0.25) is 0 Å². The number of nitrogens with zero attached hydrogens (tertiary/aromatic N) is 2. The molecule has 0 saturated heterocycles. The molecule has 0 spiro atoms. The molecule has 1 aromatic heterocycles. The van der Waals surface area contributed by atoms with Crippen LogP contribution in [0, 0.1) is 11.3 Å². The van der Waals surface area contributed by atoms with Gasteiger partial charge in [0.1, 0.15) is 17.1 Å². The predicted molar refractivity (Wildman–Crippen MR) is 76.9 cm³/mol. The Balaban J connectivity index is 2.14. The molecule has 0 radical (unpaired) electrons. The first-order valence-corrected chi connectivity index (χ1v) is 7.55. The van der Waals surface area contributed by atoms with E-state index in [1.165, 1.54) is 18.7 Å². The molecule has 0 aliphatic heterocycles. The molecule has 0 fully saturated rings. The number of hydrogen-bond donors (Lipinski definition) is 2. The fraction of sp³-hybridized carbons (Fsp3) is 0.429. The van der Waals surface area contributed by atoms with Crippen LogP contribution in [0.4, 0.5) is 0 Å². The van der Waals surface area contributed by atoms with E-state index in [9.17, 15) is 14.9 Å². The summed E-state index contributed by atoms with van der Waals surface area (Å²) in [4.78, 5) is 26.5. The topological polar surface area (TPSA) is 103 Å². The van der Waals surface area contributed by atoms with Gasteiger partial charge in [-0.25, -0.2) is 9.78 Å². The molecule has 0 bridgehead atoms. The summed E-state index contributed by atoms with van der Waals surface area (Å²) in [6.07, 6.45) is 2.86. The van der Waals surface area contributed by atoms with Crippen LogP contribution in [0.1, 0.15) is 30.2 Å². The van der Waals surface area contributed by atoms with Crippen molar-refractivity contribution in [3.8, 4) is 6.07 Å². The molecule has 1 aliphatic rings. The van der Waals surface area contributed by atoms with Crippen LogP contribution in [-0.4, -0.2) is 33.8 Å². The van der Waals surface area contributed by atoms with Crippen molar-refractivity contribution in [1.29, 1.82) is 5.26 Å². The minimum atomic E-state index is -1.10. The molecule has 1 atom stereocenters. The van der Waals surface area contributed by atoms with Crippen LogP contribution >= 0.6 is 11.8 Å². The van der Waals surface area contributed by atoms with Crippen molar-refractivity contribution in [3.05, 3.63) is 22.9 Å². The molecule has 110 valence electrons. The summed E-state index contributed by atoms with van der Waals surface area (Å²) in [5.41, 5.74) is 2.56. The monoisotopic (exact) mass is 305 g/mol. The average molecular weight is 305 g/mol. The van der Waals surface area contributed by atoms with Crippen molar-refractivity contribution in [2.75, 3.05) is 5.75 Å². The van der Waals surface area contributed by atoms with Gasteiger partial charge in [0.25, 0.3) is 0 Å². The van der Waals surface area contributed by atoms with Gasteiger partial charge in [-0.3, -0.25) is 4.79 Å².